The molecule has 0 unspecified atom stereocenters. The first-order valence-corrected chi connectivity index (χ1v) is 5.84. The number of nitrogens with one attached hydrogen (secondary N) is 1. The van der Waals surface area contributed by atoms with Crippen LogP contribution in [0.5, 0.6) is 0 Å². The third-order valence-corrected chi connectivity index (χ3v) is 3.07. The highest BCUT2D eigenvalue weighted by molar-refractivity contribution is 6.07. The molecule has 2 rings (SSSR count). The number of carbonyl (C=O) groups excluding carboxylic acids is 2. The van der Waals surface area contributed by atoms with Gasteiger partial charge < -0.3 is 9.88 Å². The van der Waals surface area contributed by atoms with Gasteiger partial charge in [-0.15, -0.1) is 0 Å². The molecule has 2 aromatic rings. The lowest BCUT2D eigenvalue weighted by Gasteiger charge is -2.06. The largest absolute Gasteiger partial charge is 0.358 e. The zero-order valence-electron chi connectivity index (χ0n) is 10.8. The highest BCUT2D eigenvalue weighted by Crippen LogP contribution is 2.24. The van der Waals surface area contributed by atoms with Crippen molar-refractivity contribution in [3.05, 3.63) is 35.5 Å². The molecule has 0 fully saturated rings. The first-order chi connectivity index (χ1) is 8.54. The molecule has 0 radical (unpaired) electrons. The predicted molar refractivity (Wildman–Crippen MR) is 70.7 cm³/mol. The van der Waals surface area contributed by atoms with E-state index in [0.717, 1.165) is 16.5 Å². The SMILES string of the molecule is CNC(=O)Cn1cc(C(C)=O)c2cccc(C)c21. The maximum atomic E-state index is 11.6. The van der Waals surface area contributed by atoms with E-state index in [1.807, 2.05) is 29.7 Å². The third kappa shape index (κ3) is 2.01. The van der Waals surface area contributed by atoms with Crippen LogP contribution >= 0.6 is 0 Å². The Balaban J connectivity index is 2.66. The quantitative estimate of drug-likeness (QED) is 0.838. The van der Waals surface area contributed by atoms with Gasteiger partial charge in [-0.3, -0.25) is 9.59 Å². The molecule has 1 N–H and O–H groups in total. The normalized spacial score (nSPS) is 10.6. The van der Waals surface area contributed by atoms with Gasteiger partial charge >= 0.3 is 0 Å². The van der Waals surface area contributed by atoms with Crippen molar-refractivity contribution in [3.63, 3.8) is 0 Å². The second-order valence-electron chi connectivity index (χ2n) is 4.37. The summed E-state index contributed by atoms with van der Waals surface area (Å²) in [4.78, 5) is 23.1. The number of aryl methyl sites for hydroxylation is 1. The number of carbonyl (C=O) groups is 2. The zero-order valence-corrected chi connectivity index (χ0v) is 10.8. The Bertz CT molecular complexity index is 626. The van der Waals surface area contributed by atoms with Gasteiger partial charge in [0.05, 0.1) is 5.52 Å². The fraction of sp³-hybridized carbons (Fsp3) is 0.286. The summed E-state index contributed by atoms with van der Waals surface area (Å²) in [6, 6.07) is 5.82. The van der Waals surface area contributed by atoms with E-state index in [4.69, 9.17) is 0 Å². The van der Waals surface area contributed by atoms with E-state index in [9.17, 15) is 9.59 Å². The van der Waals surface area contributed by atoms with Crippen molar-refractivity contribution in [1.29, 1.82) is 0 Å². The number of nitrogens with zero attached hydrogens (tertiary/aromatic N) is 1. The van der Waals surface area contributed by atoms with Crippen LogP contribution in [-0.4, -0.2) is 23.3 Å². The van der Waals surface area contributed by atoms with E-state index < -0.39 is 0 Å². The lowest BCUT2D eigenvalue weighted by molar-refractivity contribution is -0.121. The summed E-state index contributed by atoms with van der Waals surface area (Å²) in [7, 11) is 1.60. The Kier molecular flexibility index (Phi) is 3.19. The number of ketones is 1. The fourth-order valence-electron chi connectivity index (χ4n) is 2.19. The minimum atomic E-state index is -0.0785. The molecular formula is C14H16N2O2. The van der Waals surface area contributed by atoms with Gasteiger partial charge in [0.25, 0.3) is 0 Å². The highest BCUT2D eigenvalue weighted by atomic mass is 16.1. The summed E-state index contributed by atoms with van der Waals surface area (Å²) in [5, 5.41) is 3.50. The number of likely N-dealkylation sites (N-methyl/N-ethyl adjacent to an activating group) is 1. The van der Waals surface area contributed by atoms with Crippen molar-refractivity contribution in [3.8, 4) is 0 Å². The molecule has 0 bridgehead atoms. The van der Waals surface area contributed by atoms with Gasteiger partial charge in [0.15, 0.2) is 5.78 Å². The molecule has 0 saturated carbocycles. The number of amides is 1. The lowest BCUT2D eigenvalue weighted by Crippen LogP contribution is -2.23. The third-order valence-electron chi connectivity index (χ3n) is 3.07. The number of hydrogen-bond donors (Lipinski definition) is 1. The minimum Gasteiger partial charge on any atom is -0.358 e. The average molecular weight is 244 g/mol. The molecule has 1 heterocycles. The van der Waals surface area contributed by atoms with Crippen LogP contribution in [0.15, 0.2) is 24.4 Å². The second-order valence-corrected chi connectivity index (χ2v) is 4.37. The highest BCUT2D eigenvalue weighted by Gasteiger charge is 2.14. The first-order valence-electron chi connectivity index (χ1n) is 5.84. The number of benzene rings is 1. The summed E-state index contributed by atoms with van der Waals surface area (Å²) in [6.07, 6.45) is 1.76. The zero-order chi connectivity index (χ0) is 13.3. The number of fused-ring (bicyclic) bond motifs is 1. The molecule has 18 heavy (non-hydrogen) atoms. The van der Waals surface area contributed by atoms with Gasteiger partial charge in [0.2, 0.25) is 5.91 Å². The number of aromatic nitrogens is 1. The van der Waals surface area contributed by atoms with E-state index >= 15 is 0 Å². The second kappa shape index (κ2) is 4.64. The molecule has 94 valence electrons. The lowest BCUT2D eigenvalue weighted by atomic mass is 10.1. The number of Topliss-reactive ketones (excluding diaryl/α,β-unsaturated/α-hetero) is 1. The topological polar surface area (TPSA) is 51.1 Å². The average Bonchev–Trinajstić information content (AvgIpc) is 2.69. The van der Waals surface area contributed by atoms with E-state index in [1.54, 1.807) is 20.2 Å². The predicted octanol–water partition coefficient (Wildman–Crippen LogP) is 1.90. The van der Waals surface area contributed by atoms with Crippen LogP contribution in [0, 0.1) is 6.92 Å². The Morgan fingerprint density at radius 2 is 2.06 bits per heavy atom. The van der Waals surface area contributed by atoms with Crippen LogP contribution < -0.4 is 5.32 Å². The Morgan fingerprint density at radius 1 is 1.33 bits per heavy atom. The van der Waals surface area contributed by atoms with E-state index in [1.165, 1.54) is 0 Å². The molecule has 4 nitrogen and oxygen atoms in total. The van der Waals surface area contributed by atoms with Gasteiger partial charge in [0.1, 0.15) is 6.54 Å². The summed E-state index contributed by atoms with van der Waals surface area (Å²) >= 11 is 0. The Labute approximate surface area is 106 Å². The number of para-hydroxylation sites is 1. The fourth-order valence-corrected chi connectivity index (χ4v) is 2.19. The van der Waals surface area contributed by atoms with E-state index in [2.05, 4.69) is 5.32 Å². The van der Waals surface area contributed by atoms with Crippen LogP contribution in [0.2, 0.25) is 0 Å². The minimum absolute atomic E-state index is 0.0151. The van der Waals surface area contributed by atoms with Crippen molar-refractivity contribution >= 4 is 22.6 Å². The molecule has 0 saturated heterocycles. The van der Waals surface area contributed by atoms with Crippen LogP contribution in [0.1, 0.15) is 22.8 Å². The maximum Gasteiger partial charge on any atom is 0.239 e. The van der Waals surface area contributed by atoms with Crippen LogP contribution in [-0.2, 0) is 11.3 Å². The van der Waals surface area contributed by atoms with E-state index in [-0.39, 0.29) is 18.2 Å². The van der Waals surface area contributed by atoms with Gasteiger partial charge in [-0.1, -0.05) is 18.2 Å². The summed E-state index contributed by atoms with van der Waals surface area (Å²) in [5.74, 6) is -0.0634. The Morgan fingerprint density at radius 3 is 2.67 bits per heavy atom. The molecular weight excluding hydrogens is 228 g/mol. The molecule has 1 amide bonds. The van der Waals surface area contributed by atoms with Crippen molar-refractivity contribution in [2.75, 3.05) is 7.05 Å². The monoisotopic (exact) mass is 244 g/mol. The molecule has 0 spiro atoms. The molecule has 1 aromatic heterocycles. The summed E-state index contributed by atoms with van der Waals surface area (Å²) < 4.78 is 1.83. The smallest absolute Gasteiger partial charge is 0.239 e. The first kappa shape index (κ1) is 12.4. The number of rotatable bonds is 3. The van der Waals surface area contributed by atoms with Crippen LogP contribution in [0.25, 0.3) is 10.9 Å². The number of hydrogen-bond acceptors (Lipinski definition) is 2. The molecule has 0 aliphatic rings. The molecule has 0 aliphatic carbocycles. The summed E-state index contributed by atoms with van der Waals surface area (Å²) in [5.41, 5.74) is 2.67. The van der Waals surface area contributed by atoms with Crippen LogP contribution in [0.3, 0.4) is 0 Å². The maximum absolute atomic E-state index is 11.6. The van der Waals surface area contributed by atoms with E-state index in [0.29, 0.717) is 5.56 Å². The van der Waals surface area contributed by atoms with Gasteiger partial charge in [0, 0.05) is 24.2 Å². The molecule has 0 aliphatic heterocycles. The van der Waals surface area contributed by atoms with Crippen molar-refractivity contribution < 1.29 is 9.59 Å². The van der Waals surface area contributed by atoms with Gasteiger partial charge in [-0.25, -0.2) is 0 Å². The standard InChI is InChI=1S/C14H16N2O2/c1-9-5-4-6-11-12(10(2)17)7-16(14(9)11)8-13(18)15-3/h4-7H,8H2,1-3H3,(H,15,18). The van der Waals surface area contributed by atoms with Crippen molar-refractivity contribution in [1.82, 2.24) is 9.88 Å². The van der Waals surface area contributed by atoms with Crippen LogP contribution in [0.4, 0.5) is 0 Å². The molecule has 1 aromatic carbocycles. The van der Waals surface area contributed by atoms with Crippen molar-refractivity contribution in [2.45, 2.75) is 20.4 Å². The van der Waals surface area contributed by atoms with Gasteiger partial charge in [-0.2, -0.15) is 0 Å². The van der Waals surface area contributed by atoms with Crippen molar-refractivity contribution in [2.24, 2.45) is 0 Å². The summed E-state index contributed by atoms with van der Waals surface area (Å²) in [6.45, 7) is 3.75. The molecule has 0 atom stereocenters. The van der Waals surface area contributed by atoms with Gasteiger partial charge in [-0.05, 0) is 19.4 Å². The Hall–Kier alpha value is -2.10. The molecule has 4 heteroatoms.